The second kappa shape index (κ2) is 38.0. The van der Waals surface area contributed by atoms with Crippen LogP contribution in [0.25, 0.3) is 0 Å². The molecule has 1 rings (SSSR count). The highest BCUT2D eigenvalue weighted by Crippen LogP contribution is 2.35. The van der Waals surface area contributed by atoms with Crippen molar-refractivity contribution in [2.75, 3.05) is 33.9 Å². The predicted molar refractivity (Wildman–Crippen MR) is 236 cm³/mol. The Morgan fingerprint density at radius 3 is 1.50 bits per heavy atom. The van der Waals surface area contributed by atoms with Gasteiger partial charge in [-0.25, -0.2) is 0 Å². The number of hydrogen-bond acceptors (Lipinski definition) is 7. The summed E-state index contributed by atoms with van der Waals surface area (Å²) in [6.45, 7) is 9.01. The monoisotopic (exact) mass is 794 g/mol. The van der Waals surface area contributed by atoms with Crippen LogP contribution in [-0.4, -0.2) is 68.7 Å². The molecule has 0 aromatic carbocycles. The Balaban J connectivity index is 2.32. The summed E-state index contributed by atoms with van der Waals surface area (Å²) in [5.74, 6) is -0.485. The lowest BCUT2D eigenvalue weighted by atomic mass is 9.99. The summed E-state index contributed by atoms with van der Waals surface area (Å²) in [6.07, 6.45) is 41.1. The molecule has 1 aliphatic heterocycles. The van der Waals surface area contributed by atoms with Crippen molar-refractivity contribution < 1.29 is 28.5 Å². The van der Waals surface area contributed by atoms with E-state index in [0.29, 0.717) is 26.1 Å². The molecule has 0 aromatic rings. The zero-order valence-corrected chi connectivity index (χ0v) is 38.1. The van der Waals surface area contributed by atoms with Crippen LogP contribution in [0, 0.1) is 0 Å². The van der Waals surface area contributed by atoms with E-state index in [-0.39, 0.29) is 24.1 Å². The van der Waals surface area contributed by atoms with Crippen molar-refractivity contribution in [2.45, 2.75) is 270 Å². The van der Waals surface area contributed by atoms with E-state index in [0.717, 1.165) is 109 Å². The van der Waals surface area contributed by atoms with Gasteiger partial charge in [0.1, 0.15) is 6.10 Å². The maximum Gasteiger partial charge on any atom is 0.306 e. The molecule has 2 atom stereocenters. The Hall–Kier alpha value is -1.18. The number of carbonyl (C=O) groups excluding carboxylic acids is 2. The Morgan fingerprint density at radius 1 is 0.571 bits per heavy atom. The second-order valence-electron chi connectivity index (χ2n) is 17.7. The zero-order valence-electron chi connectivity index (χ0n) is 38.1. The van der Waals surface area contributed by atoms with Gasteiger partial charge in [-0.3, -0.25) is 9.59 Å². The van der Waals surface area contributed by atoms with Gasteiger partial charge in [-0.2, -0.15) is 0 Å². The molecule has 1 saturated heterocycles. The van der Waals surface area contributed by atoms with Gasteiger partial charge in [0.25, 0.3) is 0 Å². The largest absolute Gasteiger partial charge is 0.466 e. The van der Waals surface area contributed by atoms with Gasteiger partial charge in [0.15, 0.2) is 5.79 Å². The summed E-state index contributed by atoms with van der Waals surface area (Å²) in [6, 6.07) is 0. The summed E-state index contributed by atoms with van der Waals surface area (Å²) < 4.78 is 24.7. The standard InChI is InChI=1S/C49H95NO6/c1-6-9-12-15-18-19-23-30-37-47(51)53-43-34-27-26-33-41-49(54-44-46(56-49)39-42-50(4)5)40-32-25-20-24-31-38-48(52)55-45(35-28-21-16-13-10-7-2)36-29-22-17-14-11-8-3/h45-46H,6-44H2,1-5H3/t46-,49?/m0/s1. The minimum atomic E-state index is -0.468. The molecule has 1 unspecified atom stereocenters. The molecule has 56 heavy (non-hydrogen) atoms. The van der Waals surface area contributed by atoms with Gasteiger partial charge in [0, 0.05) is 32.2 Å². The van der Waals surface area contributed by atoms with E-state index in [9.17, 15) is 9.59 Å². The number of hydrogen-bond donors (Lipinski definition) is 0. The molecule has 0 spiro atoms. The van der Waals surface area contributed by atoms with Gasteiger partial charge in [-0.15, -0.1) is 0 Å². The van der Waals surface area contributed by atoms with Gasteiger partial charge in [0.05, 0.1) is 19.3 Å². The fourth-order valence-corrected chi connectivity index (χ4v) is 8.07. The van der Waals surface area contributed by atoms with Crippen LogP contribution in [-0.2, 0) is 28.5 Å². The number of rotatable bonds is 42. The third-order valence-electron chi connectivity index (χ3n) is 11.8. The molecule has 1 heterocycles. The smallest absolute Gasteiger partial charge is 0.306 e. The molecule has 1 aliphatic rings. The molecule has 7 nitrogen and oxygen atoms in total. The predicted octanol–water partition coefficient (Wildman–Crippen LogP) is 14.2. The molecule has 0 aliphatic carbocycles. The topological polar surface area (TPSA) is 74.3 Å². The molecule has 0 N–H and O–H groups in total. The summed E-state index contributed by atoms with van der Waals surface area (Å²) >= 11 is 0. The van der Waals surface area contributed by atoms with Crippen LogP contribution in [0.4, 0.5) is 0 Å². The van der Waals surface area contributed by atoms with Crippen LogP contribution in [0.1, 0.15) is 252 Å². The zero-order chi connectivity index (χ0) is 40.8. The molecular formula is C49H95NO6. The third-order valence-corrected chi connectivity index (χ3v) is 11.8. The number of unbranched alkanes of at least 4 members (excludes halogenated alkanes) is 24. The fraction of sp³-hybridized carbons (Fsp3) is 0.959. The van der Waals surface area contributed by atoms with E-state index < -0.39 is 5.79 Å². The van der Waals surface area contributed by atoms with Crippen molar-refractivity contribution in [1.82, 2.24) is 4.90 Å². The second-order valence-corrected chi connectivity index (χ2v) is 17.7. The van der Waals surface area contributed by atoms with Crippen LogP contribution < -0.4 is 0 Å². The summed E-state index contributed by atoms with van der Waals surface area (Å²) in [5.41, 5.74) is 0. The Labute approximate surface area is 348 Å². The van der Waals surface area contributed by atoms with E-state index in [1.165, 1.54) is 116 Å². The van der Waals surface area contributed by atoms with E-state index in [2.05, 4.69) is 39.8 Å². The van der Waals surface area contributed by atoms with Crippen molar-refractivity contribution in [3.63, 3.8) is 0 Å². The molecule has 0 radical (unpaired) electrons. The summed E-state index contributed by atoms with van der Waals surface area (Å²) in [4.78, 5) is 27.2. The molecule has 0 saturated carbocycles. The first kappa shape index (κ1) is 52.8. The first-order valence-corrected chi connectivity index (χ1v) is 24.7. The first-order chi connectivity index (χ1) is 27.3. The molecule has 0 bridgehead atoms. The van der Waals surface area contributed by atoms with Gasteiger partial charge in [-0.1, -0.05) is 162 Å². The highest BCUT2D eigenvalue weighted by Gasteiger charge is 2.40. The van der Waals surface area contributed by atoms with Crippen LogP contribution in [0.15, 0.2) is 0 Å². The normalized spacial score (nSPS) is 17.0. The lowest BCUT2D eigenvalue weighted by Crippen LogP contribution is -2.31. The van der Waals surface area contributed by atoms with Crippen LogP contribution in [0.3, 0.4) is 0 Å². The molecule has 1 fully saturated rings. The highest BCUT2D eigenvalue weighted by atomic mass is 16.7. The van der Waals surface area contributed by atoms with Gasteiger partial charge < -0.3 is 23.8 Å². The Bertz CT molecular complexity index is 867. The summed E-state index contributed by atoms with van der Waals surface area (Å²) in [7, 11) is 4.23. The van der Waals surface area contributed by atoms with Crippen LogP contribution >= 0.6 is 0 Å². The molecule has 7 heteroatoms. The van der Waals surface area contributed by atoms with Crippen molar-refractivity contribution in [3.8, 4) is 0 Å². The summed E-state index contributed by atoms with van der Waals surface area (Å²) in [5, 5.41) is 0. The maximum absolute atomic E-state index is 12.9. The van der Waals surface area contributed by atoms with E-state index in [4.69, 9.17) is 18.9 Å². The van der Waals surface area contributed by atoms with Gasteiger partial charge >= 0.3 is 11.9 Å². The number of carbonyl (C=O) groups is 2. The Morgan fingerprint density at radius 2 is 1.00 bits per heavy atom. The van der Waals surface area contributed by atoms with Crippen molar-refractivity contribution in [2.24, 2.45) is 0 Å². The number of esters is 2. The van der Waals surface area contributed by atoms with E-state index >= 15 is 0 Å². The van der Waals surface area contributed by atoms with Gasteiger partial charge in [-0.05, 0) is 78.3 Å². The quantitative estimate of drug-likeness (QED) is 0.0450. The average molecular weight is 794 g/mol. The minimum absolute atomic E-state index is 0.0133. The van der Waals surface area contributed by atoms with Crippen molar-refractivity contribution >= 4 is 11.9 Å². The Kier molecular flexibility index (Phi) is 35.9. The average Bonchev–Trinajstić information content (AvgIpc) is 3.59. The maximum atomic E-state index is 12.9. The van der Waals surface area contributed by atoms with E-state index in [1.54, 1.807) is 0 Å². The minimum Gasteiger partial charge on any atom is -0.466 e. The van der Waals surface area contributed by atoms with Crippen LogP contribution in [0.5, 0.6) is 0 Å². The number of ether oxygens (including phenoxy) is 4. The van der Waals surface area contributed by atoms with Crippen molar-refractivity contribution in [1.29, 1.82) is 0 Å². The third kappa shape index (κ3) is 31.8. The molecular weight excluding hydrogens is 699 g/mol. The molecule has 0 aromatic heterocycles. The van der Waals surface area contributed by atoms with Gasteiger partial charge in [0.2, 0.25) is 0 Å². The lowest BCUT2D eigenvalue weighted by Gasteiger charge is -2.29. The van der Waals surface area contributed by atoms with E-state index in [1.807, 2.05) is 0 Å². The first-order valence-electron chi connectivity index (χ1n) is 24.7. The van der Waals surface area contributed by atoms with Crippen molar-refractivity contribution in [3.05, 3.63) is 0 Å². The SMILES string of the molecule is CCCCCCCCCCC(=O)OCCCCCCC1(CCCCCCCC(=O)OC(CCCCCCCC)CCCCCCCC)OC[C@H](CCN(C)C)O1. The highest BCUT2D eigenvalue weighted by molar-refractivity contribution is 5.69. The van der Waals surface area contributed by atoms with Crippen LogP contribution in [0.2, 0.25) is 0 Å². The molecule has 332 valence electrons. The molecule has 0 amide bonds. The lowest BCUT2D eigenvalue weighted by molar-refractivity contribution is -0.180. The number of nitrogens with zero attached hydrogens (tertiary/aromatic N) is 1. The fourth-order valence-electron chi connectivity index (χ4n) is 8.07.